The predicted octanol–water partition coefficient (Wildman–Crippen LogP) is 5.83. The van der Waals surface area contributed by atoms with Gasteiger partial charge in [0.05, 0.1) is 23.0 Å². The molecule has 0 atom stereocenters. The molecule has 34 heavy (non-hydrogen) atoms. The molecule has 0 radical (unpaired) electrons. The van der Waals surface area contributed by atoms with Gasteiger partial charge in [0.2, 0.25) is 0 Å². The molecule has 5 heteroatoms. The van der Waals surface area contributed by atoms with Gasteiger partial charge in [-0.05, 0) is 65.4 Å². The van der Waals surface area contributed by atoms with E-state index in [9.17, 15) is 0 Å². The van der Waals surface area contributed by atoms with Crippen molar-refractivity contribution in [1.82, 2.24) is 20.3 Å². The Kier molecular flexibility index (Phi) is 6.07. The summed E-state index contributed by atoms with van der Waals surface area (Å²) < 4.78 is 0. The van der Waals surface area contributed by atoms with Crippen LogP contribution >= 0.6 is 0 Å². The van der Waals surface area contributed by atoms with E-state index < -0.39 is 0 Å². The van der Waals surface area contributed by atoms with E-state index in [1.165, 1.54) is 16.7 Å². The summed E-state index contributed by atoms with van der Waals surface area (Å²) >= 11 is 0. The maximum absolute atomic E-state index is 9.17. The molecule has 5 aromatic rings. The van der Waals surface area contributed by atoms with E-state index in [0.29, 0.717) is 12.1 Å². The summed E-state index contributed by atoms with van der Waals surface area (Å²) in [6.45, 7) is 3.40. The molecular weight excluding hydrogens is 418 g/mol. The van der Waals surface area contributed by atoms with Gasteiger partial charge in [-0.3, -0.25) is 15.0 Å². The van der Waals surface area contributed by atoms with E-state index in [-0.39, 0.29) is 0 Å². The fourth-order valence-corrected chi connectivity index (χ4v) is 4.04. The van der Waals surface area contributed by atoms with Crippen LogP contribution in [0.4, 0.5) is 0 Å². The average molecular weight is 442 g/mol. The van der Waals surface area contributed by atoms with Crippen LogP contribution < -0.4 is 5.32 Å². The van der Waals surface area contributed by atoms with Gasteiger partial charge in [0, 0.05) is 48.3 Å². The number of hydrogen-bond acceptors (Lipinski definition) is 5. The number of aryl methyl sites for hydroxylation is 1. The van der Waals surface area contributed by atoms with Gasteiger partial charge in [-0.2, -0.15) is 5.26 Å². The van der Waals surface area contributed by atoms with E-state index in [0.717, 1.165) is 40.0 Å². The minimum absolute atomic E-state index is 0.628. The fourth-order valence-electron chi connectivity index (χ4n) is 4.04. The van der Waals surface area contributed by atoms with Gasteiger partial charge in [0.15, 0.2) is 0 Å². The third-order valence-electron chi connectivity index (χ3n) is 5.82. The second-order valence-electron chi connectivity index (χ2n) is 8.23. The van der Waals surface area contributed by atoms with Crippen LogP contribution in [-0.2, 0) is 13.1 Å². The highest BCUT2D eigenvalue weighted by atomic mass is 14.9. The van der Waals surface area contributed by atoms with Crippen molar-refractivity contribution in [3.8, 4) is 28.5 Å². The Balaban J connectivity index is 1.28. The Bertz CT molecular complexity index is 1500. The number of benzene rings is 2. The van der Waals surface area contributed by atoms with Crippen LogP contribution in [0.25, 0.3) is 33.2 Å². The van der Waals surface area contributed by atoms with E-state index in [1.54, 1.807) is 6.07 Å². The molecule has 0 fully saturated rings. The summed E-state index contributed by atoms with van der Waals surface area (Å²) in [7, 11) is 0. The second kappa shape index (κ2) is 9.62. The molecule has 3 aromatic heterocycles. The van der Waals surface area contributed by atoms with Gasteiger partial charge in [0.25, 0.3) is 0 Å². The van der Waals surface area contributed by atoms with Gasteiger partial charge in [0.1, 0.15) is 0 Å². The number of pyridine rings is 3. The van der Waals surface area contributed by atoms with Crippen molar-refractivity contribution >= 4 is 10.8 Å². The first-order valence-corrected chi connectivity index (χ1v) is 11.2. The number of fused-ring (bicyclic) bond motifs is 1. The molecular formula is C29H23N5. The summed E-state index contributed by atoms with van der Waals surface area (Å²) in [5.74, 6) is 0. The van der Waals surface area contributed by atoms with Crippen LogP contribution in [0.1, 0.15) is 22.5 Å². The lowest BCUT2D eigenvalue weighted by Gasteiger charge is -2.10. The monoisotopic (exact) mass is 441 g/mol. The van der Waals surface area contributed by atoms with Crippen LogP contribution in [0.3, 0.4) is 0 Å². The number of nitrogens with one attached hydrogen (secondary N) is 1. The Hall–Kier alpha value is -4.40. The topological polar surface area (TPSA) is 74.5 Å². The van der Waals surface area contributed by atoms with Crippen molar-refractivity contribution in [2.45, 2.75) is 20.0 Å². The van der Waals surface area contributed by atoms with Crippen LogP contribution in [0.2, 0.25) is 0 Å². The smallest absolute Gasteiger partial charge is 0.0991 e. The highest BCUT2D eigenvalue weighted by Crippen LogP contribution is 2.24. The lowest BCUT2D eigenvalue weighted by Crippen LogP contribution is -2.14. The zero-order valence-electron chi connectivity index (χ0n) is 18.9. The zero-order valence-corrected chi connectivity index (χ0v) is 18.9. The van der Waals surface area contributed by atoms with Crippen molar-refractivity contribution in [3.63, 3.8) is 0 Å². The maximum atomic E-state index is 9.17. The number of nitrogens with zero attached hydrogens (tertiary/aromatic N) is 4. The Morgan fingerprint density at radius 2 is 1.65 bits per heavy atom. The standard InChI is InChI=1S/C29H23N5/c1-20-13-24(9-11-32-20)23-7-5-21(6-8-23)17-31-19-29-27-18-34-28(15-25(27)10-12-33-29)26-4-2-3-22(14-26)16-30/h2-15,18,31H,17,19H2,1H3. The number of nitriles is 1. The lowest BCUT2D eigenvalue weighted by molar-refractivity contribution is 0.684. The molecule has 0 unspecified atom stereocenters. The Morgan fingerprint density at radius 3 is 2.47 bits per heavy atom. The first kappa shape index (κ1) is 21.4. The molecule has 0 saturated carbocycles. The molecule has 0 aliphatic carbocycles. The van der Waals surface area contributed by atoms with Crippen LogP contribution in [-0.4, -0.2) is 15.0 Å². The molecule has 2 aromatic carbocycles. The van der Waals surface area contributed by atoms with Crippen LogP contribution in [0.5, 0.6) is 0 Å². The summed E-state index contributed by atoms with van der Waals surface area (Å²) in [6.07, 6.45) is 5.55. The summed E-state index contributed by atoms with van der Waals surface area (Å²) in [4.78, 5) is 13.5. The van der Waals surface area contributed by atoms with Gasteiger partial charge < -0.3 is 5.32 Å². The molecule has 0 spiro atoms. The van der Waals surface area contributed by atoms with E-state index in [2.05, 4.69) is 62.7 Å². The highest BCUT2D eigenvalue weighted by Gasteiger charge is 2.07. The first-order valence-electron chi connectivity index (χ1n) is 11.2. The van der Waals surface area contributed by atoms with Gasteiger partial charge in [-0.15, -0.1) is 0 Å². The lowest BCUT2D eigenvalue weighted by atomic mass is 10.0. The zero-order chi connectivity index (χ0) is 23.3. The minimum Gasteiger partial charge on any atom is -0.307 e. The summed E-state index contributed by atoms with van der Waals surface area (Å²) in [5, 5.41) is 14.8. The van der Waals surface area contributed by atoms with Crippen molar-refractivity contribution in [2.24, 2.45) is 0 Å². The number of hydrogen-bond donors (Lipinski definition) is 1. The molecule has 1 N–H and O–H groups in total. The van der Waals surface area contributed by atoms with Crippen LogP contribution in [0, 0.1) is 18.3 Å². The van der Waals surface area contributed by atoms with E-state index >= 15 is 0 Å². The third kappa shape index (κ3) is 4.68. The number of aromatic nitrogens is 3. The highest BCUT2D eigenvalue weighted by molar-refractivity contribution is 5.86. The molecule has 0 saturated heterocycles. The van der Waals surface area contributed by atoms with Gasteiger partial charge >= 0.3 is 0 Å². The Morgan fingerprint density at radius 1 is 0.794 bits per heavy atom. The molecule has 5 nitrogen and oxygen atoms in total. The third-order valence-corrected chi connectivity index (χ3v) is 5.82. The predicted molar refractivity (Wildman–Crippen MR) is 135 cm³/mol. The molecule has 5 rings (SSSR count). The van der Waals surface area contributed by atoms with Crippen LogP contribution in [0.15, 0.2) is 91.4 Å². The van der Waals surface area contributed by atoms with Crippen molar-refractivity contribution < 1.29 is 0 Å². The first-order chi connectivity index (χ1) is 16.7. The van der Waals surface area contributed by atoms with E-state index in [1.807, 2.05) is 55.8 Å². The van der Waals surface area contributed by atoms with Gasteiger partial charge in [-0.25, -0.2) is 0 Å². The number of rotatable bonds is 6. The average Bonchev–Trinajstić information content (AvgIpc) is 2.89. The molecule has 164 valence electrons. The quantitative estimate of drug-likeness (QED) is 0.359. The van der Waals surface area contributed by atoms with E-state index in [4.69, 9.17) is 5.26 Å². The normalized spacial score (nSPS) is 10.8. The summed E-state index contributed by atoms with van der Waals surface area (Å²) in [5.41, 5.74) is 7.97. The fraction of sp³-hybridized carbons (Fsp3) is 0.103. The van der Waals surface area contributed by atoms with Crippen molar-refractivity contribution in [2.75, 3.05) is 0 Å². The minimum atomic E-state index is 0.628. The van der Waals surface area contributed by atoms with Gasteiger partial charge in [-0.1, -0.05) is 36.4 Å². The molecule has 0 amide bonds. The molecule has 0 bridgehead atoms. The molecule has 3 heterocycles. The maximum Gasteiger partial charge on any atom is 0.0991 e. The summed E-state index contributed by atoms with van der Waals surface area (Å²) in [6, 6.07) is 26.5. The second-order valence-corrected chi connectivity index (χ2v) is 8.23. The van der Waals surface area contributed by atoms with Crippen molar-refractivity contribution in [3.05, 3.63) is 114 Å². The molecule has 0 aliphatic rings. The molecule has 0 aliphatic heterocycles. The van der Waals surface area contributed by atoms with Crippen molar-refractivity contribution in [1.29, 1.82) is 5.26 Å². The SMILES string of the molecule is Cc1cc(-c2ccc(CNCc3nccc4cc(-c5cccc(C#N)c5)ncc34)cc2)ccn1. The Labute approximate surface area is 198 Å². The largest absolute Gasteiger partial charge is 0.307 e.